The van der Waals surface area contributed by atoms with Gasteiger partial charge in [-0.15, -0.1) is 0 Å². The number of nitrogens with one attached hydrogen (secondary N) is 2. The molecule has 1 saturated heterocycles. The third-order valence-corrected chi connectivity index (χ3v) is 7.61. The second-order valence-corrected chi connectivity index (χ2v) is 9.41. The molecule has 0 radical (unpaired) electrons. The fourth-order valence-corrected chi connectivity index (χ4v) is 5.67. The Morgan fingerprint density at radius 2 is 2.11 bits per heavy atom. The average molecular weight is 415 g/mol. The standard InChI is InChI=1S/C18H23ClN2O5S/c1-11-4-2-6-14(11)20-18(23)21-15-8-7-13(19)17(16(15)22)27(24,25)12-5-3-9-26-10-12/h4,7-8,12,14,22H,2-3,5-6,9-10H2,1H3,(H2,20,21,23). The quantitative estimate of drug-likeness (QED) is 0.518. The number of hydrogen-bond acceptors (Lipinski definition) is 5. The molecule has 1 heterocycles. The van der Waals surface area contributed by atoms with Crippen LogP contribution in [0.5, 0.6) is 5.75 Å². The van der Waals surface area contributed by atoms with E-state index in [0.29, 0.717) is 19.4 Å². The lowest BCUT2D eigenvalue weighted by Crippen LogP contribution is -2.37. The Labute approximate surface area is 163 Å². The van der Waals surface area contributed by atoms with E-state index in [1.807, 2.05) is 6.92 Å². The van der Waals surface area contributed by atoms with Crippen molar-refractivity contribution < 1.29 is 23.1 Å². The molecule has 1 aliphatic heterocycles. The Hall–Kier alpha value is -1.77. The minimum Gasteiger partial charge on any atom is -0.504 e. The molecule has 7 nitrogen and oxygen atoms in total. The van der Waals surface area contributed by atoms with Gasteiger partial charge in [-0.1, -0.05) is 23.3 Å². The highest BCUT2D eigenvalue weighted by molar-refractivity contribution is 7.92. The number of rotatable bonds is 4. The van der Waals surface area contributed by atoms with Crippen LogP contribution in [-0.4, -0.2) is 44.1 Å². The number of allylic oxidation sites excluding steroid dienone is 1. The summed E-state index contributed by atoms with van der Waals surface area (Å²) in [4.78, 5) is 11.9. The number of anilines is 1. The number of ether oxygens (including phenoxy) is 1. The van der Waals surface area contributed by atoms with Crippen molar-refractivity contribution in [3.8, 4) is 5.75 Å². The molecule has 1 aromatic rings. The van der Waals surface area contributed by atoms with Crippen molar-refractivity contribution in [3.05, 3.63) is 28.8 Å². The summed E-state index contributed by atoms with van der Waals surface area (Å²) in [6, 6.07) is 2.15. The van der Waals surface area contributed by atoms with Crippen LogP contribution in [0.15, 0.2) is 28.7 Å². The maximum atomic E-state index is 12.9. The number of halogens is 1. The van der Waals surface area contributed by atoms with Gasteiger partial charge >= 0.3 is 6.03 Å². The molecule has 148 valence electrons. The second kappa shape index (κ2) is 8.08. The minimum absolute atomic E-state index is 0.00756. The number of phenolic OH excluding ortho intramolecular Hbond substituents is 1. The largest absolute Gasteiger partial charge is 0.504 e. The van der Waals surface area contributed by atoms with Gasteiger partial charge in [-0.05, 0) is 44.7 Å². The molecule has 1 aliphatic carbocycles. The zero-order chi connectivity index (χ0) is 19.6. The number of sulfone groups is 1. The van der Waals surface area contributed by atoms with Gasteiger partial charge in [0.2, 0.25) is 0 Å². The van der Waals surface area contributed by atoms with Crippen molar-refractivity contribution in [1.82, 2.24) is 5.32 Å². The predicted molar refractivity (Wildman–Crippen MR) is 103 cm³/mol. The Kier molecular flexibility index (Phi) is 5.98. The molecule has 3 N–H and O–H groups in total. The van der Waals surface area contributed by atoms with E-state index < -0.39 is 26.9 Å². The van der Waals surface area contributed by atoms with Crippen LogP contribution < -0.4 is 10.6 Å². The van der Waals surface area contributed by atoms with Gasteiger partial charge in [0.25, 0.3) is 0 Å². The Morgan fingerprint density at radius 3 is 2.74 bits per heavy atom. The number of urea groups is 1. The van der Waals surface area contributed by atoms with Gasteiger partial charge in [-0.2, -0.15) is 0 Å². The van der Waals surface area contributed by atoms with Crippen molar-refractivity contribution in [3.63, 3.8) is 0 Å². The van der Waals surface area contributed by atoms with E-state index in [0.717, 1.165) is 18.4 Å². The molecule has 1 fully saturated rings. The van der Waals surface area contributed by atoms with E-state index in [2.05, 4.69) is 16.7 Å². The van der Waals surface area contributed by atoms with E-state index in [9.17, 15) is 18.3 Å². The van der Waals surface area contributed by atoms with Crippen LogP contribution in [0.25, 0.3) is 0 Å². The molecule has 0 spiro atoms. The summed E-state index contributed by atoms with van der Waals surface area (Å²) >= 11 is 6.08. The number of carbonyl (C=O) groups is 1. The lowest BCUT2D eigenvalue weighted by molar-refractivity contribution is 0.0991. The van der Waals surface area contributed by atoms with E-state index in [4.69, 9.17) is 16.3 Å². The molecule has 0 bridgehead atoms. The number of phenols is 1. The van der Waals surface area contributed by atoms with Gasteiger partial charge in [-0.3, -0.25) is 0 Å². The zero-order valence-corrected chi connectivity index (χ0v) is 16.6. The summed E-state index contributed by atoms with van der Waals surface area (Å²) in [5.74, 6) is -0.554. The maximum absolute atomic E-state index is 12.9. The molecular formula is C18H23ClN2O5S. The topological polar surface area (TPSA) is 105 Å². The number of amides is 2. The highest BCUT2D eigenvalue weighted by Crippen LogP contribution is 2.39. The van der Waals surface area contributed by atoms with E-state index in [1.165, 1.54) is 12.1 Å². The van der Waals surface area contributed by atoms with Crippen molar-refractivity contribution >= 4 is 33.2 Å². The summed E-state index contributed by atoms with van der Waals surface area (Å²) in [5, 5.41) is 15.0. The average Bonchev–Trinajstić information content (AvgIpc) is 3.03. The van der Waals surface area contributed by atoms with Crippen LogP contribution in [0.3, 0.4) is 0 Å². The number of hydrogen-bond donors (Lipinski definition) is 3. The first-order chi connectivity index (χ1) is 12.8. The zero-order valence-electron chi connectivity index (χ0n) is 15.0. The Bertz CT molecular complexity index is 863. The highest BCUT2D eigenvalue weighted by Gasteiger charge is 2.34. The molecular weight excluding hydrogens is 392 g/mol. The Balaban J connectivity index is 1.83. The summed E-state index contributed by atoms with van der Waals surface area (Å²) in [6.07, 6.45) is 4.82. The number of aromatic hydroxyl groups is 1. The molecule has 1 aromatic carbocycles. The van der Waals surface area contributed by atoms with Crippen LogP contribution in [-0.2, 0) is 14.6 Å². The summed E-state index contributed by atoms with van der Waals surface area (Å²) in [5.41, 5.74) is 1.07. The van der Waals surface area contributed by atoms with E-state index in [-0.39, 0.29) is 28.3 Å². The van der Waals surface area contributed by atoms with Crippen molar-refractivity contribution in [2.75, 3.05) is 18.5 Å². The van der Waals surface area contributed by atoms with E-state index >= 15 is 0 Å². The molecule has 2 aliphatic rings. The molecule has 2 amide bonds. The fraction of sp³-hybridized carbons (Fsp3) is 0.500. The second-order valence-electron chi connectivity index (χ2n) is 6.83. The van der Waals surface area contributed by atoms with Crippen molar-refractivity contribution in [1.29, 1.82) is 0 Å². The lowest BCUT2D eigenvalue weighted by atomic mass is 10.2. The van der Waals surface area contributed by atoms with E-state index in [1.54, 1.807) is 0 Å². The maximum Gasteiger partial charge on any atom is 0.319 e. The minimum atomic E-state index is -3.90. The SMILES string of the molecule is CC1=CCCC1NC(=O)Nc1ccc(Cl)c(S(=O)(=O)C2CCCOC2)c1O. The van der Waals surface area contributed by atoms with Gasteiger partial charge in [0.1, 0.15) is 4.90 Å². The normalized spacial score (nSPS) is 23.0. The first kappa shape index (κ1) is 20.0. The first-order valence-corrected chi connectivity index (χ1v) is 10.8. The van der Waals surface area contributed by atoms with Crippen molar-refractivity contribution in [2.45, 2.75) is 48.8 Å². The van der Waals surface area contributed by atoms with Gasteiger partial charge in [0, 0.05) is 6.61 Å². The summed E-state index contributed by atoms with van der Waals surface area (Å²) in [7, 11) is -3.90. The highest BCUT2D eigenvalue weighted by atomic mass is 35.5. The Morgan fingerprint density at radius 1 is 1.33 bits per heavy atom. The molecule has 2 atom stereocenters. The molecule has 0 saturated carbocycles. The van der Waals surface area contributed by atoms with Gasteiger partial charge in [0.05, 0.1) is 28.6 Å². The number of carbonyl (C=O) groups excluding carboxylic acids is 1. The lowest BCUT2D eigenvalue weighted by Gasteiger charge is -2.23. The van der Waals surface area contributed by atoms with Crippen LogP contribution in [0.4, 0.5) is 10.5 Å². The molecule has 0 aromatic heterocycles. The third kappa shape index (κ3) is 4.23. The first-order valence-electron chi connectivity index (χ1n) is 8.88. The van der Waals surface area contributed by atoms with Crippen LogP contribution in [0.2, 0.25) is 5.02 Å². The molecule has 2 unspecified atom stereocenters. The third-order valence-electron chi connectivity index (χ3n) is 4.95. The fourth-order valence-electron chi connectivity index (χ4n) is 3.39. The summed E-state index contributed by atoms with van der Waals surface area (Å²) < 4.78 is 31.1. The predicted octanol–water partition coefficient (Wildman–Crippen LogP) is 3.23. The number of benzene rings is 1. The molecule has 3 rings (SSSR count). The van der Waals surface area contributed by atoms with Crippen LogP contribution >= 0.6 is 11.6 Å². The van der Waals surface area contributed by atoms with Gasteiger partial charge in [-0.25, -0.2) is 13.2 Å². The summed E-state index contributed by atoms with van der Waals surface area (Å²) in [6.45, 7) is 2.51. The molecule has 9 heteroatoms. The van der Waals surface area contributed by atoms with Crippen LogP contribution in [0, 0.1) is 0 Å². The molecule has 27 heavy (non-hydrogen) atoms. The van der Waals surface area contributed by atoms with Crippen molar-refractivity contribution in [2.24, 2.45) is 0 Å². The van der Waals surface area contributed by atoms with Gasteiger partial charge < -0.3 is 20.5 Å². The monoisotopic (exact) mass is 414 g/mol. The van der Waals surface area contributed by atoms with Crippen LogP contribution in [0.1, 0.15) is 32.6 Å². The van der Waals surface area contributed by atoms with Gasteiger partial charge in [0.15, 0.2) is 15.6 Å². The smallest absolute Gasteiger partial charge is 0.319 e.